The number of halogens is 1. The lowest BCUT2D eigenvalue weighted by molar-refractivity contribution is 0.0947. The maximum absolute atomic E-state index is 12.5. The third kappa shape index (κ3) is 6.51. The Morgan fingerprint density at radius 3 is 2.54 bits per heavy atom. The molecular formula is C26H26ClN5O3. The normalized spacial score (nSPS) is 10.8. The number of nitrogens with two attached hydrogens (primary N) is 1. The second kappa shape index (κ2) is 10.9. The minimum Gasteiger partial charge on any atom is -0.492 e. The molecule has 0 aliphatic rings. The van der Waals surface area contributed by atoms with Crippen molar-refractivity contribution in [3.05, 3.63) is 111 Å². The van der Waals surface area contributed by atoms with Crippen LogP contribution in [0.4, 0.5) is 5.82 Å². The van der Waals surface area contributed by atoms with Crippen molar-refractivity contribution in [2.75, 3.05) is 18.9 Å². The minimum atomic E-state index is -0.316. The quantitative estimate of drug-likeness (QED) is 0.349. The molecule has 0 aliphatic carbocycles. The Labute approximate surface area is 207 Å². The summed E-state index contributed by atoms with van der Waals surface area (Å²) in [6.45, 7) is 3.49. The lowest BCUT2D eigenvalue weighted by Crippen LogP contribution is -2.28. The summed E-state index contributed by atoms with van der Waals surface area (Å²) in [7, 11) is 0. The molecule has 1 amide bonds. The van der Waals surface area contributed by atoms with Gasteiger partial charge in [0.2, 0.25) is 0 Å². The van der Waals surface area contributed by atoms with Gasteiger partial charge in [-0.15, -0.1) is 0 Å². The van der Waals surface area contributed by atoms with Gasteiger partial charge >= 0.3 is 0 Å². The summed E-state index contributed by atoms with van der Waals surface area (Å²) in [6, 6.07) is 18.4. The molecule has 9 heteroatoms. The Kier molecular flexibility index (Phi) is 7.52. The van der Waals surface area contributed by atoms with Gasteiger partial charge in [0.1, 0.15) is 17.9 Å². The zero-order valence-corrected chi connectivity index (χ0v) is 20.0. The maximum Gasteiger partial charge on any atom is 0.256 e. The third-order valence-electron chi connectivity index (χ3n) is 5.33. The number of ether oxygens (including phenoxy) is 1. The first kappa shape index (κ1) is 24.1. The molecule has 0 spiro atoms. The lowest BCUT2D eigenvalue weighted by Gasteiger charge is -2.08. The van der Waals surface area contributed by atoms with Gasteiger partial charge in [-0.05, 0) is 47.9 Å². The van der Waals surface area contributed by atoms with Crippen LogP contribution in [0.2, 0.25) is 5.02 Å². The van der Waals surface area contributed by atoms with E-state index in [0.29, 0.717) is 42.6 Å². The van der Waals surface area contributed by atoms with Crippen molar-refractivity contribution >= 4 is 23.3 Å². The molecule has 3 N–H and O–H groups in total. The number of nitrogens with one attached hydrogen (secondary N) is 1. The number of carbonyl (C=O) groups excluding carboxylic acids is 1. The highest BCUT2D eigenvalue weighted by Crippen LogP contribution is 2.20. The second-order valence-corrected chi connectivity index (χ2v) is 8.61. The van der Waals surface area contributed by atoms with Gasteiger partial charge in [0.25, 0.3) is 11.5 Å². The molecule has 4 rings (SSSR count). The van der Waals surface area contributed by atoms with Crippen LogP contribution in [0, 0.1) is 6.92 Å². The third-order valence-corrected chi connectivity index (χ3v) is 5.54. The largest absolute Gasteiger partial charge is 0.492 e. The number of anilines is 1. The fourth-order valence-electron chi connectivity index (χ4n) is 3.63. The van der Waals surface area contributed by atoms with Crippen LogP contribution in [-0.2, 0) is 13.1 Å². The molecule has 35 heavy (non-hydrogen) atoms. The van der Waals surface area contributed by atoms with Gasteiger partial charge in [0, 0.05) is 23.5 Å². The smallest absolute Gasteiger partial charge is 0.256 e. The lowest BCUT2D eigenvalue weighted by atomic mass is 10.1. The van der Waals surface area contributed by atoms with Gasteiger partial charge in [-0.1, -0.05) is 41.9 Å². The topological polar surface area (TPSA) is 104 Å². The molecule has 2 aromatic carbocycles. The number of hydrogen-bond donors (Lipinski definition) is 2. The number of carbonyl (C=O) groups is 1. The number of aromatic nitrogens is 3. The fraction of sp³-hybridized carbons (Fsp3) is 0.192. The van der Waals surface area contributed by atoms with E-state index in [0.717, 1.165) is 16.7 Å². The molecule has 0 bridgehead atoms. The van der Waals surface area contributed by atoms with Crippen LogP contribution in [0.25, 0.3) is 0 Å². The van der Waals surface area contributed by atoms with Crippen molar-refractivity contribution < 1.29 is 9.53 Å². The number of amides is 1. The van der Waals surface area contributed by atoms with Crippen molar-refractivity contribution in [3.63, 3.8) is 0 Å². The Hall–Kier alpha value is -4.04. The molecule has 0 saturated heterocycles. The Balaban J connectivity index is 1.30. The molecule has 4 aromatic rings. The van der Waals surface area contributed by atoms with E-state index in [1.165, 1.54) is 6.07 Å². The summed E-state index contributed by atoms with van der Waals surface area (Å²) >= 11 is 6.03. The van der Waals surface area contributed by atoms with Crippen LogP contribution in [0.5, 0.6) is 5.75 Å². The number of hydrogen-bond acceptors (Lipinski definition) is 5. The van der Waals surface area contributed by atoms with Crippen molar-refractivity contribution in [2.24, 2.45) is 0 Å². The summed E-state index contributed by atoms with van der Waals surface area (Å²) < 4.78 is 8.93. The number of nitrogens with zero attached hydrogens (tertiary/aromatic N) is 3. The first-order valence-corrected chi connectivity index (χ1v) is 11.5. The van der Waals surface area contributed by atoms with E-state index in [2.05, 4.69) is 10.4 Å². The standard InChI is InChI=1S/C26H26ClN5O3/c1-18-12-21(27)14-22(13-18)35-11-9-29-26(34)23-17-32(30-25(23)28)16-20-7-5-19(6-8-20)15-31-10-3-2-4-24(31)33/h2-8,10,12-14,17H,9,11,15-16H2,1H3,(H2,28,30)(H,29,34). The molecular weight excluding hydrogens is 466 g/mol. The zero-order valence-electron chi connectivity index (χ0n) is 19.3. The van der Waals surface area contributed by atoms with Gasteiger partial charge in [0.05, 0.1) is 19.6 Å². The van der Waals surface area contributed by atoms with Gasteiger partial charge < -0.3 is 20.4 Å². The van der Waals surface area contributed by atoms with E-state index in [-0.39, 0.29) is 17.3 Å². The molecule has 0 unspecified atom stereocenters. The molecule has 0 atom stereocenters. The van der Waals surface area contributed by atoms with E-state index in [1.54, 1.807) is 33.8 Å². The molecule has 0 fully saturated rings. The zero-order chi connectivity index (χ0) is 24.8. The van der Waals surface area contributed by atoms with Crippen molar-refractivity contribution in [2.45, 2.75) is 20.0 Å². The average Bonchev–Trinajstić information content (AvgIpc) is 3.19. The average molecular weight is 492 g/mol. The summed E-state index contributed by atoms with van der Waals surface area (Å²) in [5.41, 5.74) is 9.25. The van der Waals surface area contributed by atoms with E-state index in [9.17, 15) is 9.59 Å². The first-order valence-electron chi connectivity index (χ1n) is 11.1. The molecule has 2 heterocycles. The summed E-state index contributed by atoms with van der Waals surface area (Å²) in [5, 5.41) is 7.66. The summed E-state index contributed by atoms with van der Waals surface area (Å²) in [4.78, 5) is 24.4. The molecule has 2 aromatic heterocycles. The van der Waals surface area contributed by atoms with E-state index < -0.39 is 0 Å². The highest BCUT2D eigenvalue weighted by Gasteiger charge is 2.14. The second-order valence-electron chi connectivity index (χ2n) is 8.18. The highest BCUT2D eigenvalue weighted by atomic mass is 35.5. The van der Waals surface area contributed by atoms with Gasteiger partial charge in [-0.3, -0.25) is 14.3 Å². The Morgan fingerprint density at radius 1 is 1.09 bits per heavy atom. The van der Waals surface area contributed by atoms with E-state index in [4.69, 9.17) is 22.1 Å². The molecule has 180 valence electrons. The number of pyridine rings is 1. The first-order chi connectivity index (χ1) is 16.9. The number of benzene rings is 2. The van der Waals surface area contributed by atoms with Crippen LogP contribution in [0.3, 0.4) is 0 Å². The molecule has 0 saturated carbocycles. The van der Waals surface area contributed by atoms with Crippen molar-refractivity contribution in [1.82, 2.24) is 19.7 Å². The highest BCUT2D eigenvalue weighted by molar-refractivity contribution is 6.30. The van der Waals surface area contributed by atoms with Gasteiger partial charge in [0.15, 0.2) is 5.82 Å². The van der Waals surface area contributed by atoms with Crippen molar-refractivity contribution in [1.29, 1.82) is 0 Å². The van der Waals surface area contributed by atoms with E-state index in [1.807, 2.05) is 49.4 Å². The SMILES string of the molecule is Cc1cc(Cl)cc(OCCNC(=O)c2cn(Cc3ccc(Cn4ccccc4=O)cc3)nc2N)c1. The van der Waals surface area contributed by atoms with Crippen LogP contribution in [0.1, 0.15) is 27.0 Å². The van der Waals surface area contributed by atoms with Gasteiger partial charge in [-0.2, -0.15) is 5.10 Å². The minimum absolute atomic E-state index is 0.0412. The number of rotatable bonds is 9. The van der Waals surface area contributed by atoms with Crippen molar-refractivity contribution in [3.8, 4) is 5.75 Å². The van der Waals surface area contributed by atoms with E-state index >= 15 is 0 Å². The number of nitrogen functional groups attached to an aromatic ring is 1. The number of aryl methyl sites for hydroxylation is 1. The van der Waals surface area contributed by atoms with Crippen LogP contribution in [-0.4, -0.2) is 33.4 Å². The predicted octanol–water partition coefficient (Wildman–Crippen LogP) is 3.49. The van der Waals surface area contributed by atoms with Crippen LogP contribution < -0.4 is 21.3 Å². The van der Waals surface area contributed by atoms with Crippen LogP contribution in [0.15, 0.2) is 77.9 Å². The molecule has 8 nitrogen and oxygen atoms in total. The monoisotopic (exact) mass is 491 g/mol. The van der Waals surface area contributed by atoms with Crippen LogP contribution >= 0.6 is 11.6 Å². The molecule has 0 aliphatic heterocycles. The predicted molar refractivity (Wildman–Crippen MR) is 136 cm³/mol. The Bertz CT molecular complexity index is 1360. The summed E-state index contributed by atoms with van der Waals surface area (Å²) in [5.74, 6) is 0.496. The Morgan fingerprint density at radius 2 is 1.83 bits per heavy atom. The maximum atomic E-state index is 12.5. The molecule has 0 radical (unpaired) electrons. The summed E-state index contributed by atoms with van der Waals surface area (Å²) in [6.07, 6.45) is 3.39. The van der Waals surface area contributed by atoms with Gasteiger partial charge in [-0.25, -0.2) is 0 Å². The fourth-order valence-corrected chi connectivity index (χ4v) is 3.91.